The molecule has 0 aliphatic carbocycles. The third-order valence-corrected chi connectivity index (χ3v) is 8.42. The van der Waals surface area contributed by atoms with Gasteiger partial charge in [0.15, 0.2) is 0 Å². The van der Waals surface area contributed by atoms with Crippen molar-refractivity contribution in [1.82, 2.24) is 14.5 Å². The summed E-state index contributed by atoms with van der Waals surface area (Å²) in [4.78, 5) is 59.7. The van der Waals surface area contributed by atoms with Crippen LogP contribution in [-0.2, 0) is 23.4 Å². The van der Waals surface area contributed by atoms with Crippen LogP contribution in [0.4, 0.5) is 0 Å². The first-order chi connectivity index (χ1) is 18.9. The third kappa shape index (κ3) is 10.5. The van der Waals surface area contributed by atoms with E-state index in [4.69, 9.17) is 19.3 Å². The maximum absolute atomic E-state index is 12.7. The fourth-order valence-corrected chi connectivity index (χ4v) is 5.54. The number of aromatic amines is 1. The molecule has 2 rings (SSSR count). The molecule has 0 bridgehead atoms. The van der Waals surface area contributed by atoms with Gasteiger partial charge >= 0.3 is 19.5 Å². The van der Waals surface area contributed by atoms with Crippen LogP contribution in [0.1, 0.15) is 71.6 Å². The molecule has 1 aromatic rings. The molecule has 2 heterocycles. The minimum Gasteiger partial charge on any atom is -0.459 e. The van der Waals surface area contributed by atoms with Gasteiger partial charge in [-0.2, -0.15) is 0 Å². The maximum Gasteiger partial charge on any atom is 0.469 e. The van der Waals surface area contributed by atoms with Crippen LogP contribution in [0.5, 0.6) is 0 Å². The number of nitrogens with zero attached hydrogens (tertiary/aromatic N) is 3. The monoisotopic (exact) mass is 591 g/mol. The van der Waals surface area contributed by atoms with Crippen molar-refractivity contribution < 1.29 is 37.6 Å². The fourth-order valence-electron chi connectivity index (χ4n) is 5.20. The Hall–Kier alpha value is -1.86. The number of hydrogen-bond donors (Lipinski definition) is 3. The molecule has 0 amide bonds. The summed E-state index contributed by atoms with van der Waals surface area (Å²) in [6.07, 6.45) is 1.43. The van der Waals surface area contributed by atoms with E-state index in [1.165, 1.54) is 17.7 Å². The van der Waals surface area contributed by atoms with E-state index >= 15 is 0 Å². The fraction of sp³-hybridized carbons (Fsp3) is 0.808. The minimum absolute atomic E-state index is 0.0600. The molecule has 13 nitrogen and oxygen atoms in total. The van der Waals surface area contributed by atoms with Gasteiger partial charge in [-0.05, 0) is 46.7 Å². The lowest BCUT2D eigenvalue weighted by Gasteiger charge is -2.37. The Balaban J connectivity index is 1.95. The first kappa shape index (κ1) is 34.3. The van der Waals surface area contributed by atoms with Crippen molar-refractivity contribution in [3.8, 4) is 0 Å². The second kappa shape index (κ2) is 16.0. The van der Waals surface area contributed by atoms with Crippen molar-refractivity contribution in [1.29, 1.82) is 0 Å². The number of rotatable bonds is 18. The molecule has 1 saturated heterocycles. The van der Waals surface area contributed by atoms with Crippen LogP contribution in [0.2, 0.25) is 0 Å². The van der Waals surface area contributed by atoms with E-state index in [0.717, 1.165) is 63.1 Å². The molecular weight excluding hydrogens is 543 g/mol. The smallest absolute Gasteiger partial charge is 0.459 e. The Bertz CT molecular complexity index is 1090. The van der Waals surface area contributed by atoms with Gasteiger partial charge in [0, 0.05) is 37.6 Å². The number of hydrogen-bond acceptors (Lipinski definition) is 8. The lowest BCUT2D eigenvalue weighted by molar-refractivity contribution is -0.925. The van der Waals surface area contributed by atoms with Crippen LogP contribution in [0, 0.1) is 6.92 Å². The molecule has 3 N–H and O–H groups in total. The molecule has 1 aliphatic rings. The van der Waals surface area contributed by atoms with Gasteiger partial charge in [-0.3, -0.25) is 23.7 Å². The van der Waals surface area contributed by atoms with E-state index in [0.29, 0.717) is 6.42 Å². The molecule has 0 spiro atoms. The second-order valence-electron chi connectivity index (χ2n) is 10.4. The number of aromatic nitrogens is 2. The number of nitrogens with one attached hydrogen (secondary N) is 1. The molecule has 1 aromatic heterocycles. The number of phosphoric acid groups is 1. The summed E-state index contributed by atoms with van der Waals surface area (Å²) in [6, 6.07) is 0. The van der Waals surface area contributed by atoms with Gasteiger partial charge in [-0.1, -0.05) is 13.8 Å². The van der Waals surface area contributed by atoms with Crippen LogP contribution < -0.4 is 11.2 Å². The third-order valence-electron chi connectivity index (χ3n) is 7.93. The quantitative estimate of drug-likeness (QED) is 0.0996. The molecule has 230 valence electrons. The highest BCUT2D eigenvalue weighted by Gasteiger charge is 2.40. The lowest BCUT2D eigenvalue weighted by Crippen LogP contribution is -2.49. The topological polar surface area (TPSA) is 160 Å². The predicted octanol–water partition coefficient (Wildman–Crippen LogP) is 1.91. The molecular formula is C26H48N4O9P+. The highest BCUT2D eigenvalue weighted by atomic mass is 31.2. The van der Waals surface area contributed by atoms with E-state index < -0.39 is 50.1 Å². The zero-order chi connectivity index (χ0) is 29.9. The molecule has 1 aliphatic heterocycles. The average molecular weight is 592 g/mol. The highest BCUT2D eigenvalue weighted by molar-refractivity contribution is 7.46. The van der Waals surface area contributed by atoms with Gasteiger partial charge < -0.3 is 28.6 Å². The molecule has 14 heteroatoms. The van der Waals surface area contributed by atoms with E-state index in [-0.39, 0.29) is 18.4 Å². The van der Waals surface area contributed by atoms with Gasteiger partial charge in [-0.25, -0.2) is 9.36 Å². The van der Waals surface area contributed by atoms with Crippen molar-refractivity contribution in [2.75, 3.05) is 52.4 Å². The molecule has 0 radical (unpaired) electrons. The van der Waals surface area contributed by atoms with Crippen LogP contribution in [0.3, 0.4) is 0 Å². The van der Waals surface area contributed by atoms with Crippen LogP contribution in [0.25, 0.3) is 0 Å². The van der Waals surface area contributed by atoms with Gasteiger partial charge in [0.2, 0.25) is 0 Å². The normalized spacial score (nSPS) is 19.9. The van der Waals surface area contributed by atoms with Gasteiger partial charge in [0.05, 0.1) is 32.8 Å². The Kier molecular flexibility index (Phi) is 13.7. The molecule has 3 atom stereocenters. The average Bonchev–Trinajstić information content (AvgIpc) is 3.30. The molecule has 0 aromatic carbocycles. The maximum atomic E-state index is 12.7. The highest BCUT2D eigenvalue weighted by Crippen LogP contribution is 2.38. The Morgan fingerprint density at radius 3 is 2.40 bits per heavy atom. The Labute approximate surface area is 236 Å². The molecule has 0 saturated carbocycles. The lowest BCUT2D eigenvalue weighted by atomic mass is 10.1. The van der Waals surface area contributed by atoms with Crippen molar-refractivity contribution in [3.63, 3.8) is 0 Å². The number of carbonyl (C=O) groups excluding carboxylic acids is 1. The number of carbonyl (C=O) groups is 1. The van der Waals surface area contributed by atoms with Crippen molar-refractivity contribution >= 4 is 13.8 Å². The number of aryl methyl sites for hydroxylation is 1. The molecule has 40 heavy (non-hydrogen) atoms. The van der Waals surface area contributed by atoms with Gasteiger partial charge in [-0.15, -0.1) is 0 Å². The van der Waals surface area contributed by atoms with Crippen LogP contribution >= 0.6 is 7.82 Å². The number of H-pyrrole nitrogens is 1. The Morgan fingerprint density at radius 2 is 1.80 bits per heavy atom. The minimum atomic E-state index is -4.80. The number of quaternary nitrogens is 1. The summed E-state index contributed by atoms with van der Waals surface area (Å²) in [6.45, 7) is 17.1. The first-order valence-electron chi connectivity index (χ1n) is 14.3. The summed E-state index contributed by atoms with van der Waals surface area (Å²) < 4.78 is 29.5. The van der Waals surface area contributed by atoms with E-state index in [1.54, 1.807) is 0 Å². The largest absolute Gasteiger partial charge is 0.469 e. The predicted molar refractivity (Wildman–Crippen MR) is 150 cm³/mol. The number of ether oxygens (including phenoxy) is 2. The van der Waals surface area contributed by atoms with Crippen molar-refractivity contribution in [2.24, 2.45) is 0 Å². The number of esters is 1. The van der Waals surface area contributed by atoms with Crippen molar-refractivity contribution in [3.05, 3.63) is 32.6 Å². The number of unbranched alkanes of at least 4 members (excludes halogenated alkanes) is 1. The summed E-state index contributed by atoms with van der Waals surface area (Å²) in [7, 11) is -4.80. The first-order valence-corrected chi connectivity index (χ1v) is 15.8. The summed E-state index contributed by atoms with van der Waals surface area (Å²) >= 11 is 0. The Morgan fingerprint density at radius 1 is 1.15 bits per heavy atom. The SMILES string of the molecule is CCN(CC)CCC[N+](CC)(CC)CCCCC(=O)O[C@H]1C[C@H](n2cc(C)c(=O)[nH]c2=O)O[C@@H]1COP(=O)(O)O. The van der Waals surface area contributed by atoms with Crippen molar-refractivity contribution in [2.45, 2.75) is 85.2 Å². The van der Waals surface area contributed by atoms with Crippen LogP contribution in [-0.4, -0.2) is 99.3 Å². The van der Waals surface area contributed by atoms with Gasteiger partial charge in [0.1, 0.15) is 18.4 Å². The zero-order valence-electron chi connectivity index (χ0n) is 24.5. The molecule has 1 fully saturated rings. The van der Waals surface area contributed by atoms with E-state index in [2.05, 4.69) is 42.1 Å². The van der Waals surface area contributed by atoms with E-state index in [1.807, 2.05) is 0 Å². The zero-order valence-corrected chi connectivity index (χ0v) is 25.4. The van der Waals surface area contributed by atoms with Gasteiger partial charge in [0.25, 0.3) is 5.56 Å². The summed E-state index contributed by atoms with van der Waals surface area (Å²) in [5.41, 5.74) is -0.942. The van der Waals surface area contributed by atoms with E-state index in [9.17, 15) is 18.9 Å². The standard InChI is InChI=1S/C26H47N4O9P/c1-6-28(7-2)14-12-16-30(8-3,9-4)15-11-10-13-24(31)39-21-17-23(38-22(21)19-37-40(34,35)36)29-18-20(5)25(32)27-26(29)33/h18,21-23H,6-17,19H2,1-5H3,(H2-,27,32,33,34,35,36)/p+1/t21-,22+,23+/m0/s1. The number of phosphoric ester groups is 1. The molecule has 0 unspecified atom stereocenters. The second-order valence-corrected chi connectivity index (χ2v) is 11.7. The van der Waals surface area contributed by atoms with Crippen LogP contribution in [0.15, 0.2) is 15.8 Å². The summed E-state index contributed by atoms with van der Waals surface area (Å²) in [5.74, 6) is -0.451. The summed E-state index contributed by atoms with van der Waals surface area (Å²) in [5, 5.41) is 0.